The second-order valence-electron chi connectivity index (χ2n) is 9.10. The molecule has 3 aromatic carbocycles. The second-order valence-corrected chi connectivity index (χ2v) is 9.10. The highest BCUT2D eigenvalue weighted by Gasteiger charge is 2.48. The van der Waals surface area contributed by atoms with Crippen molar-refractivity contribution in [2.45, 2.75) is 30.6 Å². The van der Waals surface area contributed by atoms with Gasteiger partial charge in [-0.3, -0.25) is 4.79 Å². The second kappa shape index (κ2) is 10.5. The molecule has 198 valence electrons. The molecule has 3 N–H and O–H groups in total. The molecule has 0 aliphatic carbocycles. The van der Waals surface area contributed by atoms with Gasteiger partial charge in [-0.1, -0.05) is 47.7 Å². The van der Waals surface area contributed by atoms with Crippen LogP contribution in [0.1, 0.15) is 16.4 Å². The molecule has 1 aliphatic rings. The Hall–Kier alpha value is -3.90. The molecule has 0 radical (unpaired) electrons. The normalized spacial score (nSPS) is 23.4. The van der Waals surface area contributed by atoms with Crippen molar-refractivity contribution in [3.63, 3.8) is 0 Å². The van der Waals surface area contributed by atoms with Crippen LogP contribution in [0.15, 0.2) is 66.9 Å². The van der Waals surface area contributed by atoms with E-state index >= 15 is 0 Å². The number of aliphatic hydroxyl groups is 3. The monoisotopic (exact) mass is 522 g/mol. The number of methoxy groups -OCH3 is 1. The van der Waals surface area contributed by atoms with Crippen LogP contribution in [0.4, 0.5) is 4.39 Å². The summed E-state index contributed by atoms with van der Waals surface area (Å²) in [6.45, 7) is -0.576. The molecule has 0 spiro atoms. The van der Waals surface area contributed by atoms with Gasteiger partial charge in [-0.15, -0.1) is 5.10 Å². The summed E-state index contributed by atoms with van der Waals surface area (Å²) in [4.78, 5) is 14.8. The maximum atomic E-state index is 13.7. The first kappa shape index (κ1) is 25.7. The Morgan fingerprint density at radius 3 is 2.66 bits per heavy atom. The van der Waals surface area contributed by atoms with Crippen molar-refractivity contribution >= 4 is 16.7 Å². The minimum absolute atomic E-state index is 0.252. The summed E-state index contributed by atoms with van der Waals surface area (Å²) < 4.78 is 26.3. The van der Waals surface area contributed by atoms with E-state index in [9.17, 15) is 24.5 Å². The number of benzene rings is 3. The third-order valence-corrected chi connectivity index (χ3v) is 6.82. The van der Waals surface area contributed by atoms with Gasteiger partial charge in [0, 0.05) is 18.0 Å². The van der Waals surface area contributed by atoms with Gasteiger partial charge in [-0.25, -0.2) is 9.07 Å². The largest absolute Gasteiger partial charge is 0.495 e. The first-order valence-electron chi connectivity index (χ1n) is 12.0. The van der Waals surface area contributed by atoms with E-state index in [0.29, 0.717) is 17.0 Å². The lowest BCUT2D eigenvalue weighted by molar-refractivity contribution is -0.235. The Bertz CT molecular complexity index is 1460. The van der Waals surface area contributed by atoms with E-state index in [1.165, 1.54) is 48.1 Å². The number of nitrogens with zero attached hydrogens (tertiary/aromatic N) is 4. The van der Waals surface area contributed by atoms with Crippen LogP contribution in [0.5, 0.6) is 5.75 Å². The van der Waals surface area contributed by atoms with Gasteiger partial charge in [0.1, 0.15) is 41.6 Å². The molecule has 1 saturated heterocycles. The summed E-state index contributed by atoms with van der Waals surface area (Å²) >= 11 is 0. The van der Waals surface area contributed by atoms with Crippen LogP contribution in [0, 0.1) is 5.82 Å². The first-order chi connectivity index (χ1) is 18.3. The number of rotatable bonds is 6. The third kappa shape index (κ3) is 4.50. The van der Waals surface area contributed by atoms with E-state index in [-0.39, 0.29) is 5.56 Å². The predicted octanol–water partition coefficient (Wildman–Crippen LogP) is 2.00. The van der Waals surface area contributed by atoms with Gasteiger partial charge in [0.2, 0.25) is 0 Å². The van der Waals surface area contributed by atoms with E-state index in [2.05, 4.69) is 10.3 Å². The predicted molar refractivity (Wildman–Crippen MR) is 135 cm³/mol. The molecule has 1 amide bonds. The minimum atomic E-state index is -1.46. The number of carbonyl (C=O) groups is 1. The molecule has 5 atom stereocenters. The summed E-state index contributed by atoms with van der Waals surface area (Å²) in [7, 11) is 2.92. The van der Waals surface area contributed by atoms with Crippen LogP contribution in [0.3, 0.4) is 0 Å². The Kier molecular flexibility index (Phi) is 7.09. The van der Waals surface area contributed by atoms with Gasteiger partial charge in [-0.2, -0.15) is 0 Å². The molecule has 4 aromatic rings. The number of ether oxygens (including phenoxy) is 2. The highest BCUT2D eigenvalue weighted by atomic mass is 19.1. The van der Waals surface area contributed by atoms with Crippen molar-refractivity contribution in [2.24, 2.45) is 0 Å². The molecule has 38 heavy (non-hydrogen) atoms. The van der Waals surface area contributed by atoms with E-state index in [1.54, 1.807) is 18.2 Å². The van der Waals surface area contributed by atoms with Crippen LogP contribution >= 0.6 is 0 Å². The lowest BCUT2D eigenvalue weighted by Gasteiger charge is -2.45. The number of carbonyl (C=O) groups excluding carboxylic acids is 1. The third-order valence-electron chi connectivity index (χ3n) is 6.82. The molecule has 1 fully saturated rings. The van der Waals surface area contributed by atoms with Gasteiger partial charge in [0.15, 0.2) is 6.23 Å². The zero-order valence-electron chi connectivity index (χ0n) is 20.7. The Labute approximate surface area is 217 Å². The van der Waals surface area contributed by atoms with Gasteiger partial charge < -0.3 is 29.7 Å². The molecule has 1 aromatic heterocycles. The number of fused-ring (bicyclic) bond motifs is 1. The Balaban J connectivity index is 1.47. The fraction of sp³-hybridized carbons (Fsp3) is 0.296. The van der Waals surface area contributed by atoms with Crippen LogP contribution in [0.2, 0.25) is 0 Å². The van der Waals surface area contributed by atoms with Crippen molar-refractivity contribution in [1.29, 1.82) is 0 Å². The van der Waals surface area contributed by atoms with Crippen LogP contribution in [0.25, 0.3) is 22.0 Å². The lowest BCUT2D eigenvalue weighted by Crippen LogP contribution is -2.61. The zero-order valence-corrected chi connectivity index (χ0v) is 20.7. The standard InChI is InChI=1S/C27H27FN4O6/c1-31(26(36)19-11-10-15-6-3-4-9-18(15)25(19)37-2)27-24(35)22(23(34)21(14-33)38-27)32-13-20(29-30-32)16-7-5-8-17(28)12-16/h3-13,21-24,27,33-35H,14H2,1-2H3/t21?,22-,23-,24?,27+/m0/s1. The molecule has 0 bridgehead atoms. The van der Waals surface area contributed by atoms with Crippen molar-refractivity contribution < 1.29 is 34.0 Å². The summed E-state index contributed by atoms with van der Waals surface area (Å²) in [5.74, 6) is -0.577. The number of hydrogen-bond acceptors (Lipinski definition) is 8. The molecule has 2 unspecified atom stereocenters. The molecule has 2 heterocycles. The first-order valence-corrected chi connectivity index (χ1v) is 12.0. The van der Waals surface area contributed by atoms with Crippen LogP contribution in [-0.2, 0) is 4.74 Å². The molecule has 0 saturated carbocycles. The number of aliphatic hydroxyl groups excluding tert-OH is 3. The Morgan fingerprint density at radius 1 is 1.13 bits per heavy atom. The lowest BCUT2D eigenvalue weighted by atomic mass is 9.94. The van der Waals surface area contributed by atoms with Gasteiger partial charge >= 0.3 is 0 Å². The van der Waals surface area contributed by atoms with Crippen LogP contribution < -0.4 is 4.74 Å². The highest BCUT2D eigenvalue weighted by molar-refractivity contribution is 6.03. The molecule has 1 aliphatic heterocycles. The maximum Gasteiger partial charge on any atom is 0.259 e. The maximum absolute atomic E-state index is 13.7. The number of amides is 1. The summed E-state index contributed by atoms with van der Waals surface area (Å²) in [6.07, 6.45) is -3.78. The number of halogens is 1. The number of hydrogen-bond donors (Lipinski definition) is 3. The SMILES string of the molecule is COc1c(C(=O)N(C)[C@@H]2OC(CO)[C@H](O)[C@H](n3cc(-c4cccc(F)c4)nn3)C2O)ccc2ccccc12. The average Bonchev–Trinajstić information content (AvgIpc) is 3.41. The summed E-state index contributed by atoms with van der Waals surface area (Å²) in [5, 5.41) is 41.9. The van der Waals surface area contributed by atoms with Crippen molar-refractivity contribution in [1.82, 2.24) is 19.9 Å². The molecular formula is C27H27FN4O6. The average molecular weight is 523 g/mol. The van der Waals surface area contributed by atoms with Gasteiger partial charge in [0.05, 0.1) is 25.5 Å². The fourth-order valence-corrected chi connectivity index (χ4v) is 4.85. The topological polar surface area (TPSA) is 130 Å². The summed E-state index contributed by atoms with van der Waals surface area (Å²) in [5.41, 5.74) is 1.03. The van der Waals surface area contributed by atoms with Crippen molar-refractivity contribution in [3.05, 3.63) is 78.2 Å². The minimum Gasteiger partial charge on any atom is -0.495 e. The van der Waals surface area contributed by atoms with E-state index in [4.69, 9.17) is 9.47 Å². The molecule has 10 nitrogen and oxygen atoms in total. The smallest absolute Gasteiger partial charge is 0.259 e. The summed E-state index contributed by atoms with van der Waals surface area (Å²) in [6, 6.07) is 15.5. The quantitative estimate of drug-likeness (QED) is 0.351. The van der Waals surface area contributed by atoms with Gasteiger partial charge in [0.25, 0.3) is 5.91 Å². The van der Waals surface area contributed by atoms with Crippen molar-refractivity contribution in [2.75, 3.05) is 20.8 Å². The molecule has 11 heteroatoms. The Morgan fingerprint density at radius 2 is 1.92 bits per heavy atom. The molecule has 5 rings (SSSR count). The van der Waals surface area contributed by atoms with E-state index in [1.807, 2.05) is 24.3 Å². The highest BCUT2D eigenvalue weighted by Crippen LogP contribution is 2.35. The van der Waals surface area contributed by atoms with Crippen LogP contribution in [-0.4, -0.2) is 86.4 Å². The number of likely N-dealkylation sites (N-methyl/N-ethyl adjacent to an activating group) is 1. The van der Waals surface area contributed by atoms with E-state index in [0.717, 1.165) is 10.8 Å². The molecular weight excluding hydrogens is 495 g/mol. The fourth-order valence-electron chi connectivity index (χ4n) is 4.85. The van der Waals surface area contributed by atoms with Crippen molar-refractivity contribution in [3.8, 4) is 17.0 Å². The van der Waals surface area contributed by atoms with Gasteiger partial charge in [-0.05, 0) is 23.6 Å². The zero-order chi connectivity index (χ0) is 27.0. The number of aromatic nitrogens is 3. The van der Waals surface area contributed by atoms with E-state index < -0.39 is 48.9 Å².